The van der Waals surface area contributed by atoms with Crippen molar-refractivity contribution in [2.75, 3.05) is 4.90 Å². The Morgan fingerprint density at radius 3 is 2.17 bits per heavy atom. The molecule has 1 fully saturated rings. The Kier molecular flexibility index (Phi) is 2.48. The van der Waals surface area contributed by atoms with Gasteiger partial charge >= 0.3 is 0 Å². The molecule has 1 saturated heterocycles. The smallest absolute Gasteiger partial charge is 0.235 e. The number of anilines is 1. The Labute approximate surface area is 104 Å². The Balaban J connectivity index is 2.07. The van der Waals surface area contributed by atoms with Crippen LogP contribution in [-0.2, 0) is 9.59 Å². The van der Waals surface area contributed by atoms with Crippen LogP contribution in [0.1, 0.15) is 12.8 Å². The molecular weight excluding hydrogens is 228 g/mol. The van der Waals surface area contributed by atoms with E-state index in [-0.39, 0.29) is 11.8 Å². The van der Waals surface area contributed by atoms with E-state index in [9.17, 15) is 9.59 Å². The largest absolute Gasteiger partial charge is 0.303 e. The minimum Gasteiger partial charge on any atom is -0.303 e. The van der Waals surface area contributed by atoms with Gasteiger partial charge in [0.15, 0.2) is 0 Å². The molecule has 1 aromatic heterocycles. The summed E-state index contributed by atoms with van der Waals surface area (Å²) in [5.41, 5.74) is 0.935. The first-order valence-corrected chi connectivity index (χ1v) is 5.86. The second kappa shape index (κ2) is 4.14. The topological polar surface area (TPSA) is 42.3 Å². The number of nitrogens with zero attached hydrogens (tertiary/aromatic N) is 2. The van der Waals surface area contributed by atoms with Crippen LogP contribution in [0.5, 0.6) is 0 Å². The van der Waals surface area contributed by atoms with Gasteiger partial charge in [-0.1, -0.05) is 18.2 Å². The van der Waals surface area contributed by atoms with Crippen molar-refractivity contribution in [1.29, 1.82) is 0 Å². The highest BCUT2D eigenvalue weighted by atomic mass is 16.2. The van der Waals surface area contributed by atoms with Crippen molar-refractivity contribution in [2.24, 2.45) is 0 Å². The molecule has 1 aliphatic rings. The van der Waals surface area contributed by atoms with E-state index >= 15 is 0 Å². The zero-order chi connectivity index (χ0) is 12.5. The number of aromatic nitrogens is 1. The molecule has 0 atom stereocenters. The second-order valence-corrected chi connectivity index (χ2v) is 4.19. The maximum atomic E-state index is 11.8. The highest BCUT2D eigenvalue weighted by Gasteiger charge is 2.32. The van der Waals surface area contributed by atoms with Crippen molar-refractivity contribution in [2.45, 2.75) is 12.8 Å². The molecule has 2 aromatic rings. The number of benzene rings is 1. The Hall–Kier alpha value is -2.36. The zero-order valence-electron chi connectivity index (χ0n) is 9.74. The van der Waals surface area contributed by atoms with Gasteiger partial charge in [0.1, 0.15) is 5.82 Å². The van der Waals surface area contributed by atoms with Crippen molar-refractivity contribution in [3.63, 3.8) is 0 Å². The van der Waals surface area contributed by atoms with E-state index in [1.165, 1.54) is 4.90 Å². The molecule has 0 N–H and O–H groups in total. The lowest BCUT2D eigenvalue weighted by molar-refractivity contribution is -0.121. The summed E-state index contributed by atoms with van der Waals surface area (Å²) >= 11 is 0. The van der Waals surface area contributed by atoms with Gasteiger partial charge in [-0.25, -0.2) is 4.90 Å². The lowest BCUT2D eigenvalue weighted by atomic mass is 10.3. The molecule has 1 aromatic carbocycles. The third-order valence-corrected chi connectivity index (χ3v) is 3.04. The van der Waals surface area contributed by atoms with Gasteiger partial charge in [-0.05, 0) is 24.3 Å². The van der Waals surface area contributed by atoms with E-state index < -0.39 is 0 Å². The van der Waals surface area contributed by atoms with Crippen molar-refractivity contribution >= 4 is 17.6 Å². The van der Waals surface area contributed by atoms with E-state index in [0.717, 1.165) is 5.69 Å². The quantitative estimate of drug-likeness (QED) is 0.755. The van der Waals surface area contributed by atoms with Gasteiger partial charge in [0, 0.05) is 24.7 Å². The normalized spacial score (nSPS) is 15.4. The molecule has 18 heavy (non-hydrogen) atoms. The summed E-state index contributed by atoms with van der Waals surface area (Å²) in [6, 6.07) is 13.3. The molecule has 0 bridgehead atoms. The predicted molar refractivity (Wildman–Crippen MR) is 67.5 cm³/mol. The van der Waals surface area contributed by atoms with Crippen LogP contribution in [0, 0.1) is 0 Å². The van der Waals surface area contributed by atoms with Crippen LogP contribution in [0.4, 0.5) is 5.82 Å². The fraction of sp³-hybridized carbons (Fsp3) is 0.143. The SMILES string of the molecule is O=C1CCC(=O)N1c1cccn1-c1ccccc1. The Bertz CT molecular complexity index is 585. The van der Waals surface area contributed by atoms with Crippen LogP contribution in [0.3, 0.4) is 0 Å². The summed E-state index contributed by atoms with van der Waals surface area (Å²) in [5, 5.41) is 0. The Morgan fingerprint density at radius 2 is 1.50 bits per heavy atom. The number of carbonyl (C=O) groups is 2. The summed E-state index contributed by atoms with van der Waals surface area (Å²) in [7, 11) is 0. The molecule has 0 spiro atoms. The molecule has 2 heterocycles. The summed E-state index contributed by atoms with van der Waals surface area (Å²) in [6.07, 6.45) is 2.46. The number of para-hydroxylation sites is 1. The molecule has 0 radical (unpaired) electrons. The first-order valence-electron chi connectivity index (χ1n) is 5.86. The first-order chi connectivity index (χ1) is 8.77. The summed E-state index contributed by atoms with van der Waals surface area (Å²) < 4.78 is 1.85. The molecule has 4 heteroatoms. The van der Waals surface area contributed by atoms with Crippen LogP contribution in [0.15, 0.2) is 48.7 Å². The van der Waals surface area contributed by atoms with Crippen molar-refractivity contribution in [3.05, 3.63) is 48.7 Å². The number of rotatable bonds is 2. The van der Waals surface area contributed by atoms with Crippen LogP contribution in [-0.4, -0.2) is 16.4 Å². The van der Waals surface area contributed by atoms with Gasteiger partial charge in [-0.15, -0.1) is 0 Å². The van der Waals surface area contributed by atoms with E-state index in [0.29, 0.717) is 18.7 Å². The summed E-state index contributed by atoms with van der Waals surface area (Å²) in [4.78, 5) is 24.8. The number of carbonyl (C=O) groups excluding carboxylic acids is 2. The summed E-state index contributed by atoms with van der Waals surface area (Å²) in [5.74, 6) is 0.362. The average Bonchev–Trinajstić information content (AvgIpc) is 2.97. The van der Waals surface area contributed by atoms with Crippen LogP contribution in [0.2, 0.25) is 0 Å². The number of imide groups is 1. The zero-order valence-corrected chi connectivity index (χ0v) is 9.74. The van der Waals surface area contributed by atoms with Gasteiger partial charge in [0.05, 0.1) is 0 Å². The molecule has 0 saturated carbocycles. The molecule has 3 rings (SSSR count). The molecule has 4 nitrogen and oxygen atoms in total. The van der Waals surface area contributed by atoms with Crippen molar-refractivity contribution in [3.8, 4) is 5.69 Å². The average molecular weight is 240 g/mol. The standard InChI is InChI=1S/C14H12N2O2/c17-13-8-9-14(18)16(13)12-7-4-10-15(12)11-5-2-1-3-6-11/h1-7,10H,8-9H2. The van der Waals surface area contributed by atoms with Gasteiger partial charge in [0.2, 0.25) is 11.8 Å². The maximum absolute atomic E-state index is 11.8. The van der Waals surface area contributed by atoms with Gasteiger partial charge in [-0.3, -0.25) is 9.59 Å². The predicted octanol–water partition coefficient (Wildman–Crippen LogP) is 2.13. The van der Waals surface area contributed by atoms with Gasteiger partial charge in [0.25, 0.3) is 0 Å². The van der Waals surface area contributed by atoms with Crippen LogP contribution < -0.4 is 4.90 Å². The van der Waals surface area contributed by atoms with E-state index in [2.05, 4.69) is 0 Å². The van der Waals surface area contributed by atoms with Crippen molar-refractivity contribution in [1.82, 2.24) is 4.57 Å². The number of amides is 2. The Morgan fingerprint density at radius 1 is 0.833 bits per heavy atom. The number of hydrogen-bond acceptors (Lipinski definition) is 2. The monoisotopic (exact) mass is 240 g/mol. The minimum atomic E-state index is -0.129. The first kappa shape index (κ1) is 10.8. The third-order valence-electron chi connectivity index (χ3n) is 3.04. The van der Waals surface area contributed by atoms with E-state index in [1.54, 1.807) is 6.07 Å². The number of hydrogen-bond donors (Lipinski definition) is 0. The minimum absolute atomic E-state index is 0.129. The molecule has 2 amide bonds. The molecule has 1 aliphatic heterocycles. The van der Waals surface area contributed by atoms with Gasteiger partial charge in [-0.2, -0.15) is 0 Å². The lowest BCUT2D eigenvalue weighted by Gasteiger charge is -2.16. The highest BCUT2D eigenvalue weighted by Crippen LogP contribution is 2.25. The van der Waals surface area contributed by atoms with Gasteiger partial charge < -0.3 is 4.57 Å². The fourth-order valence-electron chi connectivity index (χ4n) is 2.19. The molecule has 0 aliphatic carbocycles. The van der Waals surface area contributed by atoms with E-state index in [1.807, 2.05) is 47.2 Å². The molecular formula is C14H12N2O2. The van der Waals surface area contributed by atoms with Crippen molar-refractivity contribution < 1.29 is 9.59 Å². The van der Waals surface area contributed by atoms with Crippen LogP contribution >= 0.6 is 0 Å². The second-order valence-electron chi connectivity index (χ2n) is 4.19. The fourth-order valence-corrected chi connectivity index (χ4v) is 2.19. The maximum Gasteiger partial charge on any atom is 0.235 e. The lowest BCUT2D eigenvalue weighted by Crippen LogP contribution is -2.30. The third kappa shape index (κ3) is 1.62. The highest BCUT2D eigenvalue weighted by molar-refractivity contribution is 6.19. The van der Waals surface area contributed by atoms with E-state index in [4.69, 9.17) is 0 Å². The summed E-state index contributed by atoms with van der Waals surface area (Å²) in [6.45, 7) is 0. The molecule has 90 valence electrons. The molecule has 0 unspecified atom stereocenters. The van der Waals surface area contributed by atoms with Crippen LogP contribution in [0.25, 0.3) is 5.69 Å².